The molecule has 4 nitrogen and oxygen atoms in total. The molecule has 0 aromatic heterocycles. The SMILES string of the molecule is CC(C)CN(C)C(=O)CN(C)C(=O)CCl. The Morgan fingerprint density at radius 2 is 1.67 bits per heavy atom. The third-order valence-electron chi connectivity index (χ3n) is 1.98. The maximum Gasteiger partial charge on any atom is 0.241 e. The van der Waals surface area contributed by atoms with Crippen LogP contribution in [0.1, 0.15) is 13.8 Å². The van der Waals surface area contributed by atoms with Gasteiger partial charge < -0.3 is 9.80 Å². The van der Waals surface area contributed by atoms with Crippen molar-refractivity contribution in [1.82, 2.24) is 9.80 Å². The number of carbonyl (C=O) groups excluding carboxylic acids is 2. The molecule has 0 saturated heterocycles. The normalized spacial score (nSPS) is 10.3. The molecule has 15 heavy (non-hydrogen) atoms. The van der Waals surface area contributed by atoms with Gasteiger partial charge in [0.15, 0.2) is 0 Å². The summed E-state index contributed by atoms with van der Waals surface area (Å²) >= 11 is 5.38. The van der Waals surface area contributed by atoms with E-state index in [1.54, 1.807) is 19.0 Å². The van der Waals surface area contributed by atoms with Crippen LogP contribution in [-0.4, -0.2) is 54.7 Å². The van der Waals surface area contributed by atoms with Gasteiger partial charge in [0, 0.05) is 20.6 Å². The molecule has 0 aromatic carbocycles. The van der Waals surface area contributed by atoms with Gasteiger partial charge in [-0.15, -0.1) is 11.6 Å². The highest BCUT2D eigenvalue weighted by atomic mass is 35.5. The maximum absolute atomic E-state index is 11.6. The standard InChI is InChI=1S/C10H19ClN2O2/c1-8(2)6-12(3)10(15)7-13(4)9(14)5-11/h8H,5-7H2,1-4H3. The number of hydrogen-bond acceptors (Lipinski definition) is 2. The van der Waals surface area contributed by atoms with E-state index in [1.807, 2.05) is 13.8 Å². The summed E-state index contributed by atoms with van der Waals surface area (Å²) in [6.07, 6.45) is 0. The van der Waals surface area contributed by atoms with Crippen LogP contribution in [0.3, 0.4) is 0 Å². The van der Waals surface area contributed by atoms with Crippen molar-refractivity contribution in [2.45, 2.75) is 13.8 Å². The molecule has 88 valence electrons. The minimum absolute atomic E-state index is 0.0651. The molecule has 5 heteroatoms. The molecule has 0 atom stereocenters. The van der Waals surface area contributed by atoms with E-state index >= 15 is 0 Å². The predicted molar refractivity (Wildman–Crippen MR) is 60.8 cm³/mol. The minimum atomic E-state index is -0.233. The third kappa shape index (κ3) is 5.62. The number of likely N-dealkylation sites (N-methyl/N-ethyl adjacent to an activating group) is 2. The third-order valence-corrected chi connectivity index (χ3v) is 2.21. The first kappa shape index (κ1) is 14.2. The van der Waals surface area contributed by atoms with Crippen LogP contribution in [0.15, 0.2) is 0 Å². The van der Waals surface area contributed by atoms with Gasteiger partial charge in [-0.05, 0) is 5.92 Å². The first-order valence-electron chi connectivity index (χ1n) is 4.92. The molecule has 0 aromatic rings. The van der Waals surface area contributed by atoms with Gasteiger partial charge in [-0.3, -0.25) is 9.59 Å². The van der Waals surface area contributed by atoms with Crippen molar-refractivity contribution in [3.05, 3.63) is 0 Å². The summed E-state index contributed by atoms with van der Waals surface area (Å²) < 4.78 is 0. The molecule has 0 N–H and O–H groups in total. The van der Waals surface area contributed by atoms with Gasteiger partial charge in [0.25, 0.3) is 0 Å². The second-order valence-electron chi connectivity index (χ2n) is 4.05. The van der Waals surface area contributed by atoms with Gasteiger partial charge in [0.1, 0.15) is 5.88 Å². The predicted octanol–water partition coefficient (Wildman–Crippen LogP) is 0.798. The molecule has 0 fully saturated rings. The van der Waals surface area contributed by atoms with E-state index in [0.29, 0.717) is 12.5 Å². The van der Waals surface area contributed by atoms with Crippen LogP contribution in [0.5, 0.6) is 0 Å². The fraction of sp³-hybridized carbons (Fsp3) is 0.800. The number of amides is 2. The number of carbonyl (C=O) groups is 2. The van der Waals surface area contributed by atoms with E-state index in [1.165, 1.54) is 4.90 Å². The Bertz CT molecular complexity index is 231. The zero-order chi connectivity index (χ0) is 12.0. The van der Waals surface area contributed by atoms with Crippen LogP contribution in [0.4, 0.5) is 0 Å². The Morgan fingerprint density at radius 3 is 2.07 bits per heavy atom. The average molecular weight is 235 g/mol. The van der Waals surface area contributed by atoms with Crippen molar-refractivity contribution in [3.63, 3.8) is 0 Å². The summed E-state index contributed by atoms with van der Waals surface area (Å²) in [6.45, 7) is 4.87. The average Bonchev–Trinajstić information content (AvgIpc) is 2.15. The number of alkyl halides is 1. The Morgan fingerprint density at radius 1 is 1.13 bits per heavy atom. The van der Waals surface area contributed by atoms with Gasteiger partial charge in [-0.1, -0.05) is 13.8 Å². The van der Waals surface area contributed by atoms with E-state index in [0.717, 1.165) is 0 Å². The Balaban J connectivity index is 4.07. The van der Waals surface area contributed by atoms with E-state index in [-0.39, 0.29) is 24.2 Å². The molecule has 0 unspecified atom stereocenters. The maximum atomic E-state index is 11.6. The molecule has 0 heterocycles. The molecule has 0 bridgehead atoms. The van der Waals surface area contributed by atoms with Crippen molar-refractivity contribution < 1.29 is 9.59 Å². The molecular formula is C10H19ClN2O2. The van der Waals surface area contributed by atoms with Crippen LogP contribution < -0.4 is 0 Å². The summed E-state index contributed by atoms with van der Waals surface area (Å²) in [4.78, 5) is 25.7. The van der Waals surface area contributed by atoms with Gasteiger partial charge in [0.05, 0.1) is 6.54 Å². The Kier molecular flexibility index (Phi) is 6.32. The zero-order valence-corrected chi connectivity index (χ0v) is 10.5. The second-order valence-corrected chi connectivity index (χ2v) is 4.32. The van der Waals surface area contributed by atoms with E-state index in [4.69, 9.17) is 11.6 Å². The highest BCUT2D eigenvalue weighted by Crippen LogP contribution is 1.98. The van der Waals surface area contributed by atoms with Crippen LogP contribution in [0.2, 0.25) is 0 Å². The molecule has 0 aliphatic heterocycles. The molecule has 0 radical (unpaired) electrons. The van der Waals surface area contributed by atoms with Crippen LogP contribution in [0.25, 0.3) is 0 Å². The lowest BCUT2D eigenvalue weighted by molar-refractivity contribution is -0.137. The largest absolute Gasteiger partial charge is 0.344 e. The fourth-order valence-electron chi connectivity index (χ4n) is 1.16. The van der Waals surface area contributed by atoms with Gasteiger partial charge >= 0.3 is 0 Å². The minimum Gasteiger partial charge on any atom is -0.344 e. The van der Waals surface area contributed by atoms with Crippen LogP contribution in [0, 0.1) is 5.92 Å². The van der Waals surface area contributed by atoms with Gasteiger partial charge in [0.2, 0.25) is 11.8 Å². The van der Waals surface area contributed by atoms with Crippen molar-refractivity contribution in [1.29, 1.82) is 0 Å². The molecule has 0 spiro atoms. The van der Waals surface area contributed by atoms with Crippen molar-refractivity contribution in [3.8, 4) is 0 Å². The molecule has 0 aliphatic carbocycles. The van der Waals surface area contributed by atoms with Crippen LogP contribution >= 0.6 is 11.6 Å². The number of rotatable bonds is 5. The summed E-state index contributed by atoms with van der Waals surface area (Å²) in [5.41, 5.74) is 0. The molecule has 2 amide bonds. The number of hydrogen-bond donors (Lipinski definition) is 0. The Hall–Kier alpha value is -0.770. The van der Waals surface area contributed by atoms with E-state index < -0.39 is 0 Å². The molecular weight excluding hydrogens is 216 g/mol. The summed E-state index contributed by atoms with van der Waals surface area (Å²) in [5.74, 6) is 0.0399. The highest BCUT2D eigenvalue weighted by Gasteiger charge is 2.15. The smallest absolute Gasteiger partial charge is 0.241 e. The lowest BCUT2D eigenvalue weighted by Crippen LogP contribution is -2.41. The highest BCUT2D eigenvalue weighted by molar-refractivity contribution is 6.27. The second kappa shape index (κ2) is 6.67. The van der Waals surface area contributed by atoms with Crippen molar-refractivity contribution in [2.75, 3.05) is 33.1 Å². The lowest BCUT2D eigenvalue weighted by atomic mass is 10.2. The fourth-order valence-corrected chi connectivity index (χ4v) is 1.37. The first-order chi connectivity index (χ1) is 6.88. The number of nitrogens with zero attached hydrogens (tertiary/aromatic N) is 2. The van der Waals surface area contributed by atoms with Crippen molar-refractivity contribution in [2.24, 2.45) is 5.92 Å². The van der Waals surface area contributed by atoms with Gasteiger partial charge in [-0.2, -0.15) is 0 Å². The summed E-state index contributed by atoms with van der Waals surface area (Å²) in [7, 11) is 3.31. The quantitative estimate of drug-likeness (QED) is 0.661. The Labute approximate surface area is 96.2 Å². The number of halogens is 1. The molecule has 0 rings (SSSR count). The zero-order valence-electron chi connectivity index (χ0n) is 9.79. The van der Waals surface area contributed by atoms with Crippen molar-refractivity contribution >= 4 is 23.4 Å². The molecule has 0 aliphatic rings. The van der Waals surface area contributed by atoms with E-state index in [9.17, 15) is 9.59 Å². The first-order valence-corrected chi connectivity index (χ1v) is 5.45. The van der Waals surface area contributed by atoms with Crippen LogP contribution in [-0.2, 0) is 9.59 Å². The lowest BCUT2D eigenvalue weighted by Gasteiger charge is -2.22. The monoisotopic (exact) mass is 234 g/mol. The van der Waals surface area contributed by atoms with E-state index in [2.05, 4.69) is 0 Å². The molecule has 0 saturated carbocycles. The summed E-state index contributed by atoms with van der Waals surface area (Å²) in [6, 6.07) is 0. The topological polar surface area (TPSA) is 40.6 Å². The van der Waals surface area contributed by atoms with Gasteiger partial charge in [-0.25, -0.2) is 0 Å². The summed E-state index contributed by atoms with van der Waals surface area (Å²) in [5, 5.41) is 0.